The summed E-state index contributed by atoms with van der Waals surface area (Å²) in [7, 11) is 1.52. The van der Waals surface area contributed by atoms with Crippen molar-refractivity contribution >= 4 is 29.1 Å². The van der Waals surface area contributed by atoms with Crippen LogP contribution in [-0.2, 0) is 0 Å². The van der Waals surface area contributed by atoms with Gasteiger partial charge in [-0.05, 0) is 18.2 Å². The van der Waals surface area contributed by atoms with Gasteiger partial charge < -0.3 is 15.2 Å². The quantitative estimate of drug-likeness (QED) is 0.895. The van der Waals surface area contributed by atoms with E-state index in [4.69, 9.17) is 21.4 Å². The van der Waals surface area contributed by atoms with E-state index in [1.807, 2.05) is 0 Å². The Labute approximate surface area is 114 Å². The molecule has 2 rings (SSSR count). The maximum absolute atomic E-state index is 10.8. The third-order valence-electron chi connectivity index (χ3n) is 2.31. The van der Waals surface area contributed by atoms with Crippen LogP contribution in [0.15, 0.2) is 30.6 Å². The van der Waals surface area contributed by atoms with Crippen LogP contribution in [0.2, 0.25) is 5.02 Å². The molecule has 19 heavy (non-hydrogen) atoms. The highest BCUT2D eigenvalue weighted by Crippen LogP contribution is 2.29. The number of carbonyl (C=O) groups is 1. The maximum Gasteiger partial charge on any atom is 0.354 e. The highest BCUT2D eigenvalue weighted by Gasteiger charge is 2.08. The van der Waals surface area contributed by atoms with Crippen molar-refractivity contribution in [3.05, 3.63) is 41.3 Å². The zero-order valence-electron chi connectivity index (χ0n) is 9.92. The molecule has 1 heterocycles. The number of methoxy groups -OCH3 is 1. The molecule has 0 radical (unpaired) electrons. The summed E-state index contributed by atoms with van der Waals surface area (Å²) < 4.78 is 5.17. The first-order chi connectivity index (χ1) is 9.10. The van der Waals surface area contributed by atoms with Crippen LogP contribution in [0.1, 0.15) is 10.5 Å². The molecule has 0 amide bonds. The molecule has 2 N–H and O–H groups in total. The molecule has 0 fully saturated rings. The van der Waals surface area contributed by atoms with E-state index < -0.39 is 5.97 Å². The Bertz CT molecular complexity index is 619. The summed E-state index contributed by atoms with van der Waals surface area (Å²) in [6, 6.07) is 6.36. The van der Waals surface area contributed by atoms with E-state index in [2.05, 4.69) is 15.3 Å². The molecule has 7 heteroatoms. The Morgan fingerprint density at radius 1 is 1.37 bits per heavy atom. The first-order valence-corrected chi connectivity index (χ1v) is 5.64. The Morgan fingerprint density at radius 3 is 2.84 bits per heavy atom. The Kier molecular flexibility index (Phi) is 3.82. The van der Waals surface area contributed by atoms with Crippen LogP contribution in [-0.4, -0.2) is 28.2 Å². The van der Waals surface area contributed by atoms with Gasteiger partial charge in [0.25, 0.3) is 0 Å². The third kappa shape index (κ3) is 3.11. The van der Waals surface area contributed by atoms with Crippen molar-refractivity contribution < 1.29 is 14.6 Å². The number of rotatable bonds is 4. The van der Waals surface area contributed by atoms with Crippen LogP contribution in [0.3, 0.4) is 0 Å². The van der Waals surface area contributed by atoms with Gasteiger partial charge in [-0.3, -0.25) is 0 Å². The normalized spacial score (nSPS) is 10.0. The molecule has 0 unspecified atom stereocenters. The number of aromatic carboxylic acids is 1. The maximum atomic E-state index is 10.8. The number of benzene rings is 1. The monoisotopic (exact) mass is 279 g/mol. The van der Waals surface area contributed by atoms with Gasteiger partial charge in [0.1, 0.15) is 17.9 Å². The minimum atomic E-state index is -1.12. The molecule has 0 bridgehead atoms. The second-order valence-electron chi connectivity index (χ2n) is 3.56. The van der Waals surface area contributed by atoms with E-state index in [1.165, 1.54) is 19.5 Å². The van der Waals surface area contributed by atoms with Crippen LogP contribution in [0.25, 0.3) is 0 Å². The standard InChI is InChI=1S/C12H10ClN3O3/c1-19-10-3-2-7(13)4-8(10)16-11-5-9(12(17)18)14-6-15-11/h2-6H,1H3,(H,17,18)(H,14,15,16). The first kappa shape index (κ1) is 13.1. The molecule has 0 saturated heterocycles. The second-order valence-corrected chi connectivity index (χ2v) is 4.00. The summed E-state index contributed by atoms with van der Waals surface area (Å²) in [6.45, 7) is 0. The fraction of sp³-hybridized carbons (Fsp3) is 0.0833. The summed E-state index contributed by atoms with van der Waals surface area (Å²) in [5.74, 6) is -0.212. The molecule has 0 atom stereocenters. The minimum absolute atomic E-state index is 0.0986. The van der Waals surface area contributed by atoms with Crippen LogP contribution in [0.4, 0.5) is 11.5 Å². The smallest absolute Gasteiger partial charge is 0.354 e. The van der Waals surface area contributed by atoms with E-state index >= 15 is 0 Å². The molecular formula is C12H10ClN3O3. The van der Waals surface area contributed by atoms with Gasteiger partial charge in [0, 0.05) is 11.1 Å². The van der Waals surface area contributed by atoms with Gasteiger partial charge in [0.05, 0.1) is 12.8 Å². The molecule has 2 aromatic rings. The number of carboxylic acid groups (broad SMARTS) is 1. The molecule has 0 aliphatic rings. The number of nitrogens with zero attached hydrogens (tertiary/aromatic N) is 2. The number of carboxylic acids is 1. The van der Waals surface area contributed by atoms with Gasteiger partial charge in [-0.15, -0.1) is 0 Å². The van der Waals surface area contributed by atoms with E-state index in [1.54, 1.807) is 18.2 Å². The lowest BCUT2D eigenvalue weighted by molar-refractivity contribution is 0.0690. The summed E-state index contributed by atoms with van der Waals surface area (Å²) in [4.78, 5) is 18.4. The highest BCUT2D eigenvalue weighted by molar-refractivity contribution is 6.31. The van der Waals surface area contributed by atoms with Crippen molar-refractivity contribution in [3.8, 4) is 5.75 Å². The van der Waals surface area contributed by atoms with Gasteiger partial charge in [0.2, 0.25) is 0 Å². The van der Waals surface area contributed by atoms with Crippen molar-refractivity contribution in [2.45, 2.75) is 0 Å². The van der Waals surface area contributed by atoms with Gasteiger partial charge in [-0.25, -0.2) is 14.8 Å². The number of aromatic nitrogens is 2. The highest BCUT2D eigenvalue weighted by atomic mass is 35.5. The molecule has 98 valence electrons. The van der Waals surface area contributed by atoms with Gasteiger partial charge in [0.15, 0.2) is 5.69 Å². The summed E-state index contributed by atoms with van der Waals surface area (Å²) in [5.41, 5.74) is 0.489. The van der Waals surface area contributed by atoms with Crippen molar-refractivity contribution in [1.82, 2.24) is 9.97 Å². The average Bonchev–Trinajstić information content (AvgIpc) is 2.39. The Hall–Kier alpha value is -2.34. The van der Waals surface area contributed by atoms with Gasteiger partial charge in [-0.2, -0.15) is 0 Å². The predicted molar refractivity (Wildman–Crippen MR) is 70.3 cm³/mol. The Balaban J connectivity index is 2.33. The van der Waals surface area contributed by atoms with Crippen molar-refractivity contribution in [1.29, 1.82) is 0 Å². The van der Waals surface area contributed by atoms with Crippen LogP contribution in [0.5, 0.6) is 5.75 Å². The molecule has 0 aliphatic heterocycles. The molecule has 1 aromatic carbocycles. The fourth-order valence-corrected chi connectivity index (χ4v) is 1.63. The number of nitrogens with one attached hydrogen (secondary N) is 1. The number of ether oxygens (including phenoxy) is 1. The van der Waals surface area contributed by atoms with Crippen molar-refractivity contribution in [2.75, 3.05) is 12.4 Å². The SMILES string of the molecule is COc1ccc(Cl)cc1Nc1cc(C(=O)O)ncn1. The van der Waals surface area contributed by atoms with Crippen molar-refractivity contribution in [2.24, 2.45) is 0 Å². The van der Waals surface area contributed by atoms with E-state index in [0.29, 0.717) is 22.3 Å². The zero-order chi connectivity index (χ0) is 13.8. The fourth-order valence-electron chi connectivity index (χ4n) is 1.46. The molecule has 1 aromatic heterocycles. The predicted octanol–water partition coefficient (Wildman–Crippen LogP) is 2.58. The van der Waals surface area contributed by atoms with E-state index in [-0.39, 0.29) is 5.69 Å². The lowest BCUT2D eigenvalue weighted by Gasteiger charge is -2.10. The molecule has 0 aliphatic carbocycles. The number of hydrogen-bond acceptors (Lipinski definition) is 5. The molecule has 0 saturated carbocycles. The first-order valence-electron chi connectivity index (χ1n) is 5.26. The van der Waals surface area contributed by atoms with E-state index in [9.17, 15) is 4.79 Å². The average molecular weight is 280 g/mol. The number of halogens is 1. The largest absolute Gasteiger partial charge is 0.495 e. The van der Waals surface area contributed by atoms with Gasteiger partial charge >= 0.3 is 5.97 Å². The number of hydrogen-bond donors (Lipinski definition) is 2. The topological polar surface area (TPSA) is 84.3 Å². The molecule has 0 spiro atoms. The van der Waals surface area contributed by atoms with Crippen LogP contribution in [0, 0.1) is 0 Å². The zero-order valence-corrected chi connectivity index (χ0v) is 10.7. The Morgan fingerprint density at radius 2 is 2.16 bits per heavy atom. The second kappa shape index (κ2) is 5.53. The third-order valence-corrected chi connectivity index (χ3v) is 2.55. The summed E-state index contributed by atoms with van der Waals surface area (Å²) in [5, 5.41) is 12.3. The lowest BCUT2D eigenvalue weighted by atomic mass is 10.3. The summed E-state index contributed by atoms with van der Waals surface area (Å²) in [6.07, 6.45) is 1.17. The molecular weight excluding hydrogens is 270 g/mol. The van der Waals surface area contributed by atoms with Crippen molar-refractivity contribution in [3.63, 3.8) is 0 Å². The minimum Gasteiger partial charge on any atom is -0.495 e. The lowest BCUT2D eigenvalue weighted by Crippen LogP contribution is -2.03. The van der Waals surface area contributed by atoms with E-state index in [0.717, 1.165) is 0 Å². The van der Waals surface area contributed by atoms with Crippen LogP contribution < -0.4 is 10.1 Å². The summed E-state index contributed by atoms with van der Waals surface area (Å²) >= 11 is 5.90. The van der Waals surface area contributed by atoms with Gasteiger partial charge in [-0.1, -0.05) is 11.6 Å². The van der Waals surface area contributed by atoms with Crippen LogP contribution >= 0.6 is 11.6 Å². The molecule has 6 nitrogen and oxygen atoms in total. The number of anilines is 2.